The summed E-state index contributed by atoms with van der Waals surface area (Å²) in [6, 6.07) is 9.32. The van der Waals surface area contributed by atoms with E-state index in [0.29, 0.717) is 12.4 Å². The predicted octanol–water partition coefficient (Wildman–Crippen LogP) is 3.28. The molecule has 1 N–H and O–H groups in total. The number of carbonyl (C=O) groups is 1. The Labute approximate surface area is 139 Å². The van der Waals surface area contributed by atoms with Crippen LogP contribution in [0.4, 0.5) is 0 Å². The third kappa shape index (κ3) is 8.86. The number of esters is 1. The first-order valence-electron chi connectivity index (χ1n) is 7.67. The van der Waals surface area contributed by atoms with Crippen molar-refractivity contribution < 1.29 is 23.3 Å². The molecule has 23 heavy (non-hydrogen) atoms. The van der Waals surface area contributed by atoms with Crippen molar-refractivity contribution in [2.24, 2.45) is 0 Å². The first-order valence-corrected chi connectivity index (χ1v) is 8.84. The molecular weight excluding hydrogens is 317 g/mol. The molecule has 0 saturated carbocycles. The standard InChI is InChI=1S/C16H26NO5P/c1-5-14(19-4)12-20-23(17-11-16(18)21-13(2)3)22-15-9-7-6-8-10-15/h6-10,13-14,17H,5,11-12H2,1-4H3. The molecular formula is C16H26NO5P. The number of benzene rings is 1. The molecule has 7 heteroatoms. The van der Waals surface area contributed by atoms with Gasteiger partial charge in [-0.1, -0.05) is 25.1 Å². The van der Waals surface area contributed by atoms with Crippen LogP contribution in [0.2, 0.25) is 0 Å². The van der Waals surface area contributed by atoms with Gasteiger partial charge in [-0.2, -0.15) is 0 Å². The van der Waals surface area contributed by atoms with Gasteiger partial charge in [0.15, 0.2) is 0 Å². The Morgan fingerprint density at radius 2 is 1.96 bits per heavy atom. The molecule has 2 atom stereocenters. The van der Waals surface area contributed by atoms with Gasteiger partial charge in [-0.15, -0.1) is 0 Å². The van der Waals surface area contributed by atoms with Crippen molar-refractivity contribution in [2.75, 3.05) is 20.3 Å². The maximum absolute atomic E-state index is 11.7. The fraction of sp³-hybridized carbons (Fsp3) is 0.562. The SMILES string of the molecule is CCC(COP(NCC(=O)OC(C)C)Oc1ccccc1)OC. The molecule has 1 rings (SSSR count). The van der Waals surface area contributed by atoms with Gasteiger partial charge < -0.3 is 18.5 Å². The lowest BCUT2D eigenvalue weighted by Gasteiger charge is -2.21. The Morgan fingerprint density at radius 3 is 2.52 bits per heavy atom. The van der Waals surface area contributed by atoms with Crippen molar-refractivity contribution >= 4 is 14.5 Å². The molecule has 130 valence electrons. The maximum atomic E-state index is 11.7. The smallest absolute Gasteiger partial charge is 0.320 e. The van der Waals surface area contributed by atoms with Crippen molar-refractivity contribution in [3.05, 3.63) is 30.3 Å². The molecule has 1 aromatic carbocycles. The number of para-hydroxylation sites is 1. The number of hydrogen-bond acceptors (Lipinski definition) is 6. The molecule has 0 aliphatic carbocycles. The van der Waals surface area contributed by atoms with Gasteiger partial charge in [-0.05, 0) is 32.4 Å². The quantitative estimate of drug-likeness (QED) is 0.491. The van der Waals surface area contributed by atoms with Gasteiger partial charge in [-0.3, -0.25) is 4.79 Å². The average Bonchev–Trinajstić information content (AvgIpc) is 2.53. The lowest BCUT2D eigenvalue weighted by atomic mass is 10.3. The van der Waals surface area contributed by atoms with E-state index in [1.165, 1.54) is 0 Å². The van der Waals surface area contributed by atoms with E-state index in [9.17, 15) is 4.79 Å². The maximum Gasteiger partial charge on any atom is 0.320 e. The van der Waals surface area contributed by atoms with Gasteiger partial charge in [0.2, 0.25) is 0 Å². The summed E-state index contributed by atoms with van der Waals surface area (Å²) in [6.45, 7) is 6.05. The zero-order chi connectivity index (χ0) is 17.1. The number of carbonyl (C=O) groups excluding carboxylic acids is 1. The number of nitrogens with one attached hydrogen (secondary N) is 1. The van der Waals surface area contributed by atoms with Crippen LogP contribution < -0.4 is 9.61 Å². The molecule has 0 spiro atoms. The number of hydrogen-bond donors (Lipinski definition) is 1. The Balaban J connectivity index is 2.55. The highest BCUT2D eigenvalue weighted by atomic mass is 31.2. The van der Waals surface area contributed by atoms with Crippen molar-refractivity contribution in [3.63, 3.8) is 0 Å². The summed E-state index contributed by atoms with van der Waals surface area (Å²) in [5, 5.41) is 2.97. The third-order valence-electron chi connectivity index (χ3n) is 2.82. The van der Waals surface area contributed by atoms with Crippen LogP contribution in [0, 0.1) is 0 Å². The molecule has 1 aromatic rings. The first kappa shape index (κ1) is 19.8. The Kier molecular flexibility index (Phi) is 9.80. The van der Waals surface area contributed by atoms with Crippen molar-refractivity contribution in [1.82, 2.24) is 5.09 Å². The zero-order valence-corrected chi connectivity index (χ0v) is 15.0. The van der Waals surface area contributed by atoms with Crippen molar-refractivity contribution in [3.8, 4) is 5.75 Å². The molecule has 0 aliphatic heterocycles. The van der Waals surface area contributed by atoms with Crippen LogP contribution in [0.3, 0.4) is 0 Å². The predicted molar refractivity (Wildman–Crippen MR) is 90.3 cm³/mol. The van der Waals surface area contributed by atoms with E-state index in [0.717, 1.165) is 6.42 Å². The van der Waals surface area contributed by atoms with Crippen LogP contribution in [-0.2, 0) is 18.8 Å². The minimum absolute atomic E-state index is 0.0104. The summed E-state index contributed by atoms with van der Waals surface area (Å²) < 4.78 is 21.9. The van der Waals surface area contributed by atoms with Crippen LogP contribution in [-0.4, -0.2) is 38.4 Å². The highest BCUT2D eigenvalue weighted by molar-refractivity contribution is 7.45. The highest BCUT2D eigenvalue weighted by Crippen LogP contribution is 2.35. The summed E-state index contributed by atoms with van der Waals surface area (Å²) in [6.07, 6.45) is 0.675. The molecule has 0 fully saturated rings. The Hall–Kier alpha value is -1.20. The second kappa shape index (κ2) is 11.4. The van der Waals surface area contributed by atoms with E-state index in [4.69, 9.17) is 18.5 Å². The Morgan fingerprint density at radius 1 is 1.26 bits per heavy atom. The molecule has 0 saturated heterocycles. The summed E-state index contributed by atoms with van der Waals surface area (Å²) in [5.41, 5.74) is 0. The van der Waals surface area contributed by atoms with Crippen LogP contribution in [0.5, 0.6) is 5.75 Å². The van der Waals surface area contributed by atoms with Crippen LogP contribution in [0.25, 0.3) is 0 Å². The highest BCUT2D eigenvalue weighted by Gasteiger charge is 2.18. The molecule has 0 bridgehead atoms. The molecule has 0 radical (unpaired) electrons. The number of rotatable bonds is 11. The second-order valence-electron chi connectivity index (χ2n) is 5.10. The Bertz CT molecular complexity index is 439. The van der Waals surface area contributed by atoms with Gasteiger partial charge in [0.25, 0.3) is 0 Å². The molecule has 2 unspecified atom stereocenters. The van der Waals surface area contributed by atoms with E-state index >= 15 is 0 Å². The van der Waals surface area contributed by atoms with E-state index in [2.05, 4.69) is 5.09 Å². The first-order chi connectivity index (χ1) is 11.0. The van der Waals surface area contributed by atoms with E-state index < -0.39 is 8.53 Å². The largest absolute Gasteiger partial charge is 0.462 e. The van der Waals surface area contributed by atoms with Crippen LogP contribution in [0.15, 0.2) is 30.3 Å². The van der Waals surface area contributed by atoms with Gasteiger partial charge in [0.05, 0.1) is 18.8 Å². The lowest BCUT2D eigenvalue weighted by molar-refractivity contribution is -0.145. The van der Waals surface area contributed by atoms with Gasteiger partial charge >= 0.3 is 14.5 Å². The molecule has 6 nitrogen and oxygen atoms in total. The minimum atomic E-state index is -1.47. The zero-order valence-electron chi connectivity index (χ0n) is 14.2. The van der Waals surface area contributed by atoms with Crippen LogP contribution >= 0.6 is 8.53 Å². The summed E-state index contributed by atoms with van der Waals surface area (Å²) in [4.78, 5) is 11.7. The number of ether oxygens (including phenoxy) is 2. The third-order valence-corrected chi connectivity index (χ3v) is 3.99. The molecule has 0 aliphatic rings. The number of methoxy groups -OCH3 is 1. The van der Waals surface area contributed by atoms with Gasteiger partial charge in [0, 0.05) is 7.11 Å². The molecule has 0 aromatic heterocycles. The van der Waals surface area contributed by atoms with E-state index in [-0.39, 0.29) is 24.7 Å². The van der Waals surface area contributed by atoms with Crippen molar-refractivity contribution in [2.45, 2.75) is 39.4 Å². The fourth-order valence-electron chi connectivity index (χ4n) is 1.62. The van der Waals surface area contributed by atoms with Crippen molar-refractivity contribution in [1.29, 1.82) is 0 Å². The van der Waals surface area contributed by atoms with Gasteiger partial charge in [-0.25, -0.2) is 5.09 Å². The molecule has 0 amide bonds. The lowest BCUT2D eigenvalue weighted by Crippen LogP contribution is -2.26. The van der Waals surface area contributed by atoms with Crippen LogP contribution in [0.1, 0.15) is 27.2 Å². The molecule has 0 heterocycles. The average molecular weight is 343 g/mol. The minimum Gasteiger partial charge on any atom is -0.462 e. The normalized spacial score (nSPS) is 13.6. The summed E-state index contributed by atoms with van der Waals surface area (Å²) >= 11 is 0. The van der Waals surface area contributed by atoms with Gasteiger partial charge in [0.1, 0.15) is 12.3 Å². The van der Waals surface area contributed by atoms with E-state index in [1.807, 2.05) is 51.1 Å². The second-order valence-corrected chi connectivity index (χ2v) is 6.37. The summed E-state index contributed by atoms with van der Waals surface area (Å²) in [7, 11) is 0.175. The topological polar surface area (TPSA) is 66.0 Å². The summed E-state index contributed by atoms with van der Waals surface area (Å²) in [5.74, 6) is 0.334. The van der Waals surface area contributed by atoms with E-state index in [1.54, 1.807) is 7.11 Å². The monoisotopic (exact) mass is 343 g/mol. The fourth-order valence-corrected chi connectivity index (χ4v) is 2.70.